The number of rotatable bonds is 1. The van der Waals surface area contributed by atoms with Crippen LogP contribution in [0, 0.1) is 11.3 Å². The number of nitrogens with zero attached hydrogens (tertiary/aromatic N) is 3. The van der Waals surface area contributed by atoms with Crippen molar-refractivity contribution in [3.63, 3.8) is 0 Å². The molecule has 0 spiro atoms. The van der Waals surface area contributed by atoms with E-state index < -0.39 is 16.7 Å². The third-order valence-electron chi connectivity index (χ3n) is 3.86. The molecule has 0 fully saturated rings. The fraction of sp³-hybridized carbons (Fsp3) is 0.125. The van der Waals surface area contributed by atoms with Gasteiger partial charge in [0.1, 0.15) is 22.7 Å². The molecular weight excluding hydrogens is 332 g/mol. The molecule has 0 amide bonds. The summed E-state index contributed by atoms with van der Waals surface area (Å²) in [4.78, 5) is 39.9. The van der Waals surface area contributed by atoms with Gasteiger partial charge in [-0.2, -0.15) is 5.26 Å². The van der Waals surface area contributed by atoms with Crippen LogP contribution < -0.4 is 16.7 Å². The van der Waals surface area contributed by atoms with E-state index in [0.29, 0.717) is 10.6 Å². The van der Waals surface area contributed by atoms with Crippen molar-refractivity contribution < 1.29 is 0 Å². The predicted molar refractivity (Wildman–Crippen MR) is 90.2 cm³/mol. The molecule has 0 aliphatic carbocycles. The van der Waals surface area contributed by atoms with Crippen LogP contribution in [0.3, 0.4) is 0 Å². The van der Waals surface area contributed by atoms with E-state index in [0.717, 1.165) is 4.57 Å². The molecule has 120 valence electrons. The number of pyridine rings is 1. The number of hydrogen-bond acceptors (Lipinski definition) is 4. The van der Waals surface area contributed by atoms with Crippen molar-refractivity contribution in [3.8, 4) is 17.3 Å². The van der Waals surface area contributed by atoms with Gasteiger partial charge in [0.05, 0.1) is 5.69 Å². The van der Waals surface area contributed by atoms with Crippen LogP contribution >= 0.6 is 11.6 Å². The van der Waals surface area contributed by atoms with Gasteiger partial charge >= 0.3 is 5.69 Å². The van der Waals surface area contributed by atoms with Crippen molar-refractivity contribution in [1.29, 1.82) is 5.26 Å². The second-order valence-corrected chi connectivity index (χ2v) is 5.69. The van der Waals surface area contributed by atoms with Crippen LogP contribution in [0.25, 0.3) is 22.3 Å². The van der Waals surface area contributed by atoms with Crippen LogP contribution in [0.1, 0.15) is 5.56 Å². The van der Waals surface area contributed by atoms with Crippen molar-refractivity contribution in [2.75, 3.05) is 0 Å². The normalized spacial score (nSPS) is 10.8. The van der Waals surface area contributed by atoms with Crippen LogP contribution in [0.4, 0.5) is 0 Å². The minimum atomic E-state index is -0.742. The molecule has 0 unspecified atom stereocenters. The molecule has 0 saturated carbocycles. The van der Waals surface area contributed by atoms with Gasteiger partial charge in [0.15, 0.2) is 0 Å². The minimum Gasteiger partial charge on any atom is -0.339 e. The first-order valence-electron chi connectivity index (χ1n) is 6.89. The highest BCUT2D eigenvalue weighted by Gasteiger charge is 2.19. The Morgan fingerprint density at radius 3 is 2.29 bits per heavy atom. The van der Waals surface area contributed by atoms with Crippen molar-refractivity contribution in [2.24, 2.45) is 14.1 Å². The molecule has 7 nitrogen and oxygen atoms in total. The number of aryl methyl sites for hydroxylation is 1. The molecule has 8 heteroatoms. The van der Waals surface area contributed by atoms with E-state index in [4.69, 9.17) is 11.6 Å². The van der Waals surface area contributed by atoms with E-state index in [1.54, 1.807) is 24.3 Å². The van der Waals surface area contributed by atoms with E-state index >= 15 is 0 Å². The highest BCUT2D eigenvalue weighted by molar-refractivity contribution is 6.30. The first kappa shape index (κ1) is 15.8. The van der Waals surface area contributed by atoms with Gasteiger partial charge in [0.2, 0.25) is 5.43 Å². The maximum atomic E-state index is 12.7. The molecule has 0 radical (unpaired) electrons. The number of aromatic nitrogens is 3. The van der Waals surface area contributed by atoms with Gasteiger partial charge in [0, 0.05) is 19.1 Å². The first-order valence-corrected chi connectivity index (χ1v) is 7.26. The minimum absolute atomic E-state index is 0.0667. The van der Waals surface area contributed by atoms with E-state index in [1.807, 2.05) is 6.07 Å². The summed E-state index contributed by atoms with van der Waals surface area (Å²) in [5.74, 6) is 0. The van der Waals surface area contributed by atoms with Crippen LogP contribution in [0.5, 0.6) is 0 Å². The number of benzene rings is 1. The van der Waals surface area contributed by atoms with E-state index in [9.17, 15) is 19.6 Å². The van der Waals surface area contributed by atoms with Crippen LogP contribution in [0.15, 0.2) is 38.6 Å². The number of fused-ring (bicyclic) bond motifs is 1. The topological polar surface area (TPSA) is 101 Å². The highest BCUT2D eigenvalue weighted by Crippen LogP contribution is 2.22. The van der Waals surface area contributed by atoms with Gasteiger partial charge in [-0.3, -0.25) is 18.7 Å². The highest BCUT2D eigenvalue weighted by atomic mass is 35.5. The Balaban J connectivity index is 2.57. The molecule has 0 saturated heterocycles. The Kier molecular flexibility index (Phi) is 3.62. The fourth-order valence-electron chi connectivity index (χ4n) is 2.55. The van der Waals surface area contributed by atoms with Gasteiger partial charge in [-0.1, -0.05) is 23.7 Å². The summed E-state index contributed by atoms with van der Waals surface area (Å²) < 4.78 is 2.00. The Labute approximate surface area is 140 Å². The molecule has 2 heterocycles. The maximum Gasteiger partial charge on any atom is 0.332 e. The number of nitrogens with one attached hydrogen (secondary N) is 1. The molecule has 1 N–H and O–H groups in total. The lowest BCUT2D eigenvalue weighted by molar-refractivity contribution is 0.707. The van der Waals surface area contributed by atoms with Crippen molar-refractivity contribution in [2.45, 2.75) is 0 Å². The van der Waals surface area contributed by atoms with E-state index in [2.05, 4.69) is 4.98 Å². The van der Waals surface area contributed by atoms with E-state index in [-0.39, 0.29) is 22.3 Å². The number of halogens is 1. The standard InChI is InChI=1S/C16H11ClN4O3/c1-20-14-11(15(23)21(2)16(20)24)13(22)10(7-18)12(19-14)8-3-5-9(17)6-4-8/h3-6H,1-2H3,(H,19,22). The molecule has 2 aromatic heterocycles. The molecule has 24 heavy (non-hydrogen) atoms. The fourth-order valence-corrected chi connectivity index (χ4v) is 2.68. The van der Waals surface area contributed by atoms with Gasteiger partial charge in [0.25, 0.3) is 5.56 Å². The number of aromatic amines is 1. The van der Waals surface area contributed by atoms with Gasteiger partial charge in [-0.25, -0.2) is 4.79 Å². The molecule has 0 aliphatic heterocycles. The van der Waals surface area contributed by atoms with Gasteiger partial charge in [-0.15, -0.1) is 0 Å². The Hall–Kier alpha value is -3.11. The Bertz CT molecular complexity index is 1190. The van der Waals surface area contributed by atoms with Gasteiger partial charge in [-0.05, 0) is 17.7 Å². The Morgan fingerprint density at radius 2 is 1.71 bits per heavy atom. The zero-order valence-electron chi connectivity index (χ0n) is 12.8. The third kappa shape index (κ3) is 2.16. The molecule has 1 aromatic carbocycles. The molecule has 0 aliphatic rings. The lowest BCUT2D eigenvalue weighted by Crippen LogP contribution is -2.39. The smallest absolute Gasteiger partial charge is 0.332 e. The number of nitriles is 1. The third-order valence-corrected chi connectivity index (χ3v) is 4.11. The summed E-state index contributed by atoms with van der Waals surface area (Å²) in [5, 5.41) is 9.66. The SMILES string of the molecule is Cn1c(=O)c2c(=O)c(C#N)c(-c3ccc(Cl)cc3)[nH]c2n(C)c1=O. The molecule has 3 aromatic rings. The molecular formula is C16H11ClN4O3. The predicted octanol–water partition coefficient (Wildman–Crippen LogP) is 1.12. The largest absolute Gasteiger partial charge is 0.339 e. The zero-order valence-corrected chi connectivity index (χ0v) is 13.5. The van der Waals surface area contributed by atoms with Crippen LogP contribution in [0.2, 0.25) is 5.02 Å². The molecule has 0 atom stereocenters. The second kappa shape index (κ2) is 5.51. The van der Waals surface area contributed by atoms with Crippen molar-refractivity contribution >= 4 is 22.6 Å². The maximum absolute atomic E-state index is 12.7. The number of H-pyrrole nitrogens is 1. The summed E-state index contributed by atoms with van der Waals surface area (Å²) in [5.41, 5.74) is -1.38. The summed E-state index contributed by atoms with van der Waals surface area (Å²) in [6.07, 6.45) is 0. The van der Waals surface area contributed by atoms with Crippen molar-refractivity contribution in [3.05, 3.63) is 65.9 Å². The molecule has 3 rings (SSSR count). The summed E-state index contributed by atoms with van der Waals surface area (Å²) in [6, 6.07) is 8.34. The lowest BCUT2D eigenvalue weighted by atomic mass is 10.0. The Morgan fingerprint density at radius 1 is 1.08 bits per heavy atom. The number of hydrogen-bond donors (Lipinski definition) is 1. The summed E-state index contributed by atoms with van der Waals surface area (Å²) in [7, 11) is 2.72. The van der Waals surface area contributed by atoms with Crippen LogP contribution in [-0.2, 0) is 14.1 Å². The van der Waals surface area contributed by atoms with Crippen molar-refractivity contribution in [1.82, 2.24) is 14.1 Å². The summed E-state index contributed by atoms with van der Waals surface area (Å²) in [6.45, 7) is 0. The van der Waals surface area contributed by atoms with E-state index in [1.165, 1.54) is 18.7 Å². The summed E-state index contributed by atoms with van der Waals surface area (Å²) >= 11 is 5.86. The average Bonchev–Trinajstić information content (AvgIpc) is 2.58. The quantitative estimate of drug-likeness (QED) is 0.716. The lowest BCUT2D eigenvalue weighted by Gasteiger charge is -2.11. The average molecular weight is 343 g/mol. The van der Waals surface area contributed by atoms with Crippen LogP contribution in [-0.4, -0.2) is 14.1 Å². The first-order chi connectivity index (χ1) is 11.4. The second-order valence-electron chi connectivity index (χ2n) is 5.25. The molecule has 0 bridgehead atoms. The zero-order chi connectivity index (χ0) is 17.6. The monoisotopic (exact) mass is 342 g/mol. The van der Waals surface area contributed by atoms with Gasteiger partial charge < -0.3 is 4.98 Å².